The van der Waals surface area contributed by atoms with Gasteiger partial charge >= 0.3 is 6.03 Å². The molecular weight excluding hydrogens is 452 g/mol. The van der Waals surface area contributed by atoms with Crippen LogP contribution in [-0.4, -0.2) is 60.5 Å². The highest BCUT2D eigenvalue weighted by atomic mass is 19.1. The van der Waals surface area contributed by atoms with Crippen molar-refractivity contribution in [1.29, 1.82) is 5.26 Å². The van der Waals surface area contributed by atoms with Gasteiger partial charge in [0.15, 0.2) is 0 Å². The molecule has 1 atom stereocenters. The van der Waals surface area contributed by atoms with Crippen LogP contribution in [0.2, 0.25) is 0 Å². The molecule has 0 unspecified atom stereocenters. The van der Waals surface area contributed by atoms with Crippen LogP contribution in [0, 0.1) is 28.9 Å². The molecule has 9 heteroatoms. The zero-order valence-corrected chi connectivity index (χ0v) is 20.0. The summed E-state index contributed by atoms with van der Waals surface area (Å²) in [4.78, 5) is 29.2. The fourth-order valence-corrected chi connectivity index (χ4v) is 4.28. The average molecular weight is 484 g/mol. The summed E-state index contributed by atoms with van der Waals surface area (Å²) in [7, 11) is 0. The van der Waals surface area contributed by atoms with Crippen molar-refractivity contribution >= 4 is 11.9 Å². The summed E-state index contributed by atoms with van der Waals surface area (Å²) < 4.78 is 27.1. The summed E-state index contributed by atoms with van der Waals surface area (Å²) in [6.07, 6.45) is 0.459. The van der Waals surface area contributed by atoms with Gasteiger partial charge in [-0.1, -0.05) is 38.1 Å². The predicted molar refractivity (Wildman–Crippen MR) is 128 cm³/mol. The molecule has 1 fully saturated rings. The van der Waals surface area contributed by atoms with E-state index in [9.17, 15) is 18.4 Å². The molecule has 3 amide bonds. The maximum atomic E-state index is 13.5. The minimum absolute atomic E-state index is 0.115. The fourth-order valence-electron chi connectivity index (χ4n) is 4.28. The van der Waals surface area contributed by atoms with Crippen molar-refractivity contribution in [3.8, 4) is 6.07 Å². The highest BCUT2D eigenvalue weighted by Gasteiger charge is 2.30. The monoisotopic (exact) mass is 483 g/mol. The molecule has 3 rings (SSSR count). The van der Waals surface area contributed by atoms with Crippen LogP contribution in [0.1, 0.15) is 37.4 Å². The molecule has 0 saturated carbocycles. The van der Waals surface area contributed by atoms with Crippen molar-refractivity contribution in [1.82, 2.24) is 20.4 Å². The van der Waals surface area contributed by atoms with Crippen molar-refractivity contribution in [2.45, 2.75) is 32.4 Å². The number of carbonyl (C=O) groups excluding carboxylic acids is 2. The van der Waals surface area contributed by atoms with Crippen molar-refractivity contribution in [3.05, 3.63) is 71.3 Å². The number of piperazine rings is 1. The van der Waals surface area contributed by atoms with Crippen LogP contribution in [0.15, 0.2) is 48.5 Å². The van der Waals surface area contributed by atoms with E-state index in [1.54, 1.807) is 29.2 Å². The second-order valence-electron chi connectivity index (χ2n) is 9.04. The van der Waals surface area contributed by atoms with E-state index in [2.05, 4.69) is 15.5 Å². The number of nitrogens with one attached hydrogen (secondary N) is 2. The Hall–Kier alpha value is -3.51. The van der Waals surface area contributed by atoms with Gasteiger partial charge in [0.05, 0.1) is 12.1 Å². The third kappa shape index (κ3) is 7.23. The Morgan fingerprint density at radius 2 is 1.46 bits per heavy atom. The van der Waals surface area contributed by atoms with Crippen molar-refractivity contribution < 1.29 is 18.4 Å². The topological polar surface area (TPSA) is 88.5 Å². The molecule has 186 valence electrons. The predicted octanol–water partition coefficient (Wildman–Crippen LogP) is 3.44. The van der Waals surface area contributed by atoms with Gasteiger partial charge in [0, 0.05) is 26.2 Å². The van der Waals surface area contributed by atoms with Gasteiger partial charge < -0.3 is 15.5 Å². The Morgan fingerprint density at radius 1 is 0.943 bits per heavy atom. The summed E-state index contributed by atoms with van der Waals surface area (Å²) in [6, 6.07) is 13.1. The van der Waals surface area contributed by atoms with Gasteiger partial charge in [-0.25, -0.2) is 13.6 Å². The Kier molecular flexibility index (Phi) is 9.15. The lowest BCUT2D eigenvalue weighted by molar-refractivity contribution is -0.123. The van der Waals surface area contributed by atoms with Crippen LogP contribution in [-0.2, 0) is 4.79 Å². The van der Waals surface area contributed by atoms with Crippen molar-refractivity contribution in [3.63, 3.8) is 0 Å². The van der Waals surface area contributed by atoms with Gasteiger partial charge in [-0.15, -0.1) is 0 Å². The van der Waals surface area contributed by atoms with Crippen molar-refractivity contribution in [2.75, 3.05) is 32.7 Å². The highest BCUT2D eigenvalue weighted by Crippen LogP contribution is 2.30. The first-order valence-corrected chi connectivity index (χ1v) is 11.7. The van der Waals surface area contributed by atoms with Gasteiger partial charge in [-0.3, -0.25) is 9.69 Å². The van der Waals surface area contributed by atoms with Crippen LogP contribution in [0.4, 0.5) is 13.6 Å². The molecule has 0 spiro atoms. The first-order chi connectivity index (χ1) is 16.8. The number of urea groups is 1. The highest BCUT2D eigenvalue weighted by molar-refractivity contribution is 5.87. The Balaban J connectivity index is 1.69. The van der Waals surface area contributed by atoms with Crippen LogP contribution in [0.25, 0.3) is 0 Å². The largest absolute Gasteiger partial charge is 0.341 e. The molecule has 35 heavy (non-hydrogen) atoms. The molecular formula is C26H31F2N5O2. The lowest BCUT2D eigenvalue weighted by Gasteiger charge is -2.40. The zero-order chi connectivity index (χ0) is 25.4. The van der Waals surface area contributed by atoms with E-state index in [-0.39, 0.29) is 42.1 Å². The molecule has 1 aliphatic rings. The van der Waals surface area contributed by atoms with E-state index in [4.69, 9.17) is 5.26 Å². The van der Waals surface area contributed by atoms with Gasteiger partial charge in [0.1, 0.15) is 24.2 Å². The first kappa shape index (κ1) is 26.1. The van der Waals surface area contributed by atoms with Crippen LogP contribution >= 0.6 is 0 Å². The molecule has 0 bridgehead atoms. The lowest BCUT2D eigenvalue weighted by Crippen LogP contribution is -2.56. The van der Waals surface area contributed by atoms with E-state index < -0.39 is 6.04 Å². The van der Waals surface area contributed by atoms with E-state index in [0.717, 1.165) is 11.1 Å². The molecule has 0 aromatic heterocycles. The molecule has 1 heterocycles. The smallest absolute Gasteiger partial charge is 0.318 e. The number of carbonyl (C=O) groups is 2. The Morgan fingerprint density at radius 3 is 1.91 bits per heavy atom. The molecule has 0 radical (unpaired) electrons. The number of halogens is 2. The summed E-state index contributed by atoms with van der Waals surface area (Å²) in [6.45, 7) is 5.75. The summed E-state index contributed by atoms with van der Waals surface area (Å²) in [5.74, 6) is -0.859. The molecule has 2 aromatic carbocycles. The number of amides is 3. The van der Waals surface area contributed by atoms with Gasteiger partial charge in [0.2, 0.25) is 5.91 Å². The van der Waals surface area contributed by atoms with Crippen LogP contribution in [0.3, 0.4) is 0 Å². The second kappa shape index (κ2) is 12.3. The SMILES string of the molecule is CC(C)C[C@H](NC(=O)N1CCN(C(c2ccc(F)cc2)c2ccc(F)cc2)CC1)C(=O)NCC#N. The number of hydrogen-bond donors (Lipinski definition) is 2. The Labute approximate surface area is 204 Å². The minimum atomic E-state index is -0.722. The lowest BCUT2D eigenvalue weighted by atomic mass is 9.96. The third-order valence-corrected chi connectivity index (χ3v) is 6.00. The average Bonchev–Trinajstić information content (AvgIpc) is 2.84. The molecule has 2 N–H and O–H groups in total. The van der Waals surface area contributed by atoms with Crippen LogP contribution in [0.5, 0.6) is 0 Å². The van der Waals surface area contributed by atoms with Gasteiger partial charge in [0.25, 0.3) is 0 Å². The van der Waals surface area contributed by atoms with Crippen LogP contribution < -0.4 is 10.6 Å². The number of rotatable bonds is 8. The summed E-state index contributed by atoms with van der Waals surface area (Å²) >= 11 is 0. The van der Waals surface area contributed by atoms with Gasteiger partial charge in [-0.05, 0) is 47.7 Å². The molecule has 1 saturated heterocycles. The quantitative estimate of drug-likeness (QED) is 0.563. The Bertz CT molecular complexity index is 984. The van der Waals surface area contributed by atoms with Crippen molar-refractivity contribution in [2.24, 2.45) is 5.92 Å². The maximum Gasteiger partial charge on any atom is 0.318 e. The van der Waals surface area contributed by atoms with Gasteiger partial charge in [-0.2, -0.15) is 5.26 Å². The summed E-state index contributed by atoms with van der Waals surface area (Å²) in [5.41, 5.74) is 1.75. The fraction of sp³-hybridized carbons (Fsp3) is 0.423. The normalized spacial score (nSPS) is 15.1. The standard InChI is InChI=1S/C26H31F2N5O2/c1-18(2)17-23(25(34)30-12-11-29)31-26(35)33-15-13-32(14-16-33)24(19-3-7-21(27)8-4-19)20-5-9-22(28)10-6-20/h3-10,18,23-24H,12-17H2,1-2H3,(H,30,34)(H,31,35)/t23-/m0/s1. The maximum absolute atomic E-state index is 13.5. The molecule has 7 nitrogen and oxygen atoms in total. The summed E-state index contributed by atoms with van der Waals surface area (Å²) in [5, 5.41) is 14.1. The number of benzene rings is 2. The zero-order valence-electron chi connectivity index (χ0n) is 20.0. The molecule has 1 aliphatic heterocycles. The molecule has 0 aliphatic carbocycles. The van der Waals surface area contributed by atoms with E-state index in [0.29, 0.717) is 32.6 Å². The van der Waals surface area contributed by atoms with E-state index in [1.165, 1.54) is 24.3 Å². The third-order valence-electron chi connectivity index (χ3n) is 6.00. The number of hydrogen-bond acceptors (Lipinski definition) is 4. The number of nitriles is 1. The number of nitrogens with zero attached hydrogens (tertiary/aromatic N) is 3. The first-order valence-electron chi connectivity index (χ1n) is 11.7. The minimum Gasteiger partial charge on any atom is -0.341 e. The molecule has 2 aromatic rings. The van der Waals surface area contributed by atoms with E-state index in [1.807, 2.05) is 19.9 Å². The van der Waals surface area contributed by atoms with E-state index >= 15 is 0 Å². The second-order valence-corrected chi connectivity index (χ2v) is 9.04.